The molecule has 2 rings (SSSR count). The van der Waals surface area contributed by atoms with Crippen LogP contribution in [0.25, 0.3) is 0 Å². The van der Waals surface area contributed by atoms with E-state index in [1.165, 1.54) is 32.1 Å². The average molecular weight is 442 g/mol. The monoisotopic (exact) mass is 442 g/mol. The standard InChI is InChI=1S/C19H27IN2O2/c1-22(2)18(23)8-4-7-13-19(11-5-3-6-12-19)15-24-17-10-9-16(20)14-21-17/h4,8-10,14H,3,5-7,11-13,15H2,1-2H3/b8-4+. The minimum atomic E-state index is 0.0482. The van der Waals surface area contributed by atoms with Crippen molar-refractivity contribution in [1.82, 2.24) is 9.88 Å². The molecule has 1 saturated carbocycles. The third-order valence-electron chi connectivity index (χ3n) is 4.68. The molecule has 0 aromatic carbocycles. The molecule has 1 aromatic rings. The molecule has 4 nitrogen and oxygen atoms in total. The molecule has 0 saturated heterocycles. The molecule has 1 fully saturated rings. The van der Waals surface area contributed by atoms with Crippen molar-refractivity contribution < 1.29 is 9.53 Å². The van der Waals surface area contributed by atoms with Gasteiger partial charge in [-0.3, -0.25) is 4.79 Å². The molecule has 5 heteroatoms. The van der Waals surface area contributed by atoms with Gasteiger partial charge in [0, 0.05) is 35.3 Å². The summed E-state index contributed by atoms with van der Waals surface area (Å²) in [4.78, 5) is 17.6. The number of halogens is 1. The molecule has 1 aliphatic rings. The normalized spacial score (nSPS) is 17.0. The van der Waals surface area contributed by atoms with E-state index in [-0.39, 0.29) is 11.3 Å². The number of pyridine rings is 1. The first-order valence-corrected chi connectivity index (χ1v) is 9.71. The third kappa shape index (κ3) is 6.07. The highest BCUT2D eigenvalue weighted by Crippen LogP contribution is 2.40. The highest BCUT2D eigenvalue weighted by molar-refractivity contribution is 14.1. The lowest BCUT2D eigenvalue weighted by atomic mass is 9.71. The Hall–Kier alpha value is -1.11. The van der Waals surface area contributed by atoms with Gasteiger partial charge in [-0.15, -0.1) is 0 Å². The van der Waals surface area contributed by atoms with Gasteiger partial charge in [0.25, 0.3) is 0 Å². The first-order chi connectivity index (χ1) is 11.5. The number of hydrogen-bond donors (Lipinski definition) is 0. The van der Waals surface area contributed by atoms with Crippen LogP contribution in [0.5, 0.6) is 5.88 Å². The van der Waals surface area contributed by atoms with Crippen LogP contribution in [0, 0.1) is 8.99 Å². The van der Waals surface area contributed by atoms with E-state index >= 15 is 0 Å². The average Bonchev–Trinajstić information content (AvgIpc) is 2.59. The number of nitrogens with zero attached hydrogens (tertiary/aromatic N) is 2. The van der Waals surface area contributed by atoms with Crippen LogP contribution in [0.4, 0.5) is 0 Å². The Morgan fingerprint density at radius 3 is 2.71 bits per heavy atom. The van der Waals surface area contributed by atoms with Gasteiger partial charge in [-0.25, -0.2) is 4.98 Å². The van der Waals surface area contributed by atoms with Gasteiger partial charge in [-0.1, -0.05) is 25.3 Å². The summed E-state index contributed by atoms with van der Waals surface area (Å²) >= 11 is 2.25. The fourth-order valence-electron chi connectivity index (χ4n) is 3.17. The van der Waals surface area contributed by atoms with Gasteiger partial charge in [-0.05, 0) is 60.4 Å². The molecule has 1 amide bonds. The van der Waals surface area contributed by atoms with Gasteiger partial charge in [0.15, 0.2) is 0 Å². The van der Waals surface area contributed by atoms with Crippen molar-refractivity contribution in [2.75, 3.05) is 20.7 Å². The number of amides is 1. The Morgan fingerprint density at radius 2 is 2.08 bits per heavy atom. The summed E-state index contributed by atoms with van der Waals surface area (Å²) in [5.41, 5.74) is 0.217. The number of ether oxygens (including phenoxy) is 1. The van der Waals surface area contributed by atoms with Crippen LogP contribution in [0.2, 0.25) is 0 Å². The third-order valence-corrected chi connectivity index (χ3v) is 5.32. The molecule has 24 heavy (non-hydrogen) atoms. The summed E-state index contributed by atoms with van der Waals surface area (Å²) in [6, 6.07) is 3.96. The van der Waals surface area contributed by atoms with Crippen LogP contribution in [-0.4, -0.2) is 36.5 Å². The van der Waals surface area contributed by atoms with E-state index < -0.39 is 0 Å². The zero-order valence-electron chi connectivity index (χ0n) is 14.6. The van der Waals surface area contributed by atoms with Crippen molar-refractivity contribution in [3.05, 3.63) is 34.1 Å². The van der Waals surface area contributed by atoms with E-state index in [9.17, 15) is 4.79 Å². The maximum absolute atomic E-state index is 11.6. The van der Waals surface area contributed by atoms with E-state index in [1.54, 1.807) is 25.1 Å². The molecular formula is C19H27IN2O2. The number of allylic oxidation sites excluding steroid dienone is 1. The second kappa shape index (κ2) is 9.39. The van der Waals surface area contributed by atoms with Crippen molar-refractivity contribution >= 4 is 28.5 Å². The van der Waals surface area contributed by atoms with E-state index in [4.69, 9.17) is 4.74 Å². The van der Waals surface area contributed by atoms with Gasteiger partial charge in [0.05, 0.1) is 6.61 Å². The van der Waals surface area contributed by atoms with E-state index in [2.05, 4.69) is 27.6 Å². The lowest BCUT2D eigenvalue weighted by Crippen LogP contribution is -2.31. The Bertz CT molecular complexity index is 549. The molecular weight excluding hydrogens is 415 g/mol. The summed E-state index contributed by atoms with van der Waals surface area (Å²) in [7, 11) is 3.55. The molecule has 0 aliphatic heterocycles. The first-order valence-electron chi connectivity index (χ1n) is 8.63. The summed E-state index contributed by atoms with van der Waals surface area (Å²) in [5.74, 6) is 0.755. The van der Waals surface area contributed by atoms with Crippen molar-refractivity contribution in [2.24, 2.45) is 5.41 Å². The van der Waals surface area contributed by atoms with E-state index in [0.29, 0.717) is 5.88 Å². The number of rotatable bonds is 7. The largest absolute Gasteiger partial charge is 0.477 e. The van der Waals surface area contributed by atoms with Gasteiger partial charge < -0.3 is 9.64 Å². The topological polar surface area (TPSA) is 42.4 Å². The highest BCUT2D eigenvalue weighted by atomic mass is 127. The number of hydrogen-bond acceptors (Lipinski definition) is 3. The number of carbonyl (C=O) groups excluding carboxylic acids is 1. The second-order valence-corrected chi connectivity index (χ2v) is 8.08. The van der Waals surface area contributed by atoms with Crippen molar-refractivity contribution in [2.45, 2.75) is 44.9 Å². The molecule has 0 radical (unpaired) electrons. The van der Waals surface area contributed by atoms with Gasteiger partial charge in [0.1, 0.15) is 0 Å². The minimum absolute atomic E-state index is 0.0482. The fraction of sp³-hybridized carbons (Fsp3) is 0.579. The molecule has 1 aliphatic carbocycles. The van der Waals surface area contributed by atoms with Gasteiger partial charge >= 0.3 is 0 Å². The minimum Gasteiger partial charge on any atom is -0.477 e. The first kappa shape index (κ1) is 19.2. The Labute approximate surface area is 158 Å². The summed E-state index contributed by atoms with van der Waals surface area (Å²) in [5, 5.41) is 0. The molecule has 1 aromatic heterocycles. The SMILES string of the molecule is CN(C)C(=O)/C=C/CCC1(COc2ccc(I)cn2)CCCCC1. The zero-order valence-corrected chi connectivity index (χ0v) is 16.8. The molecule has 0 atom stereocenters. The molecule has 1 heterocycles. The Balaban J connectivity index is 1.90. The summed E-state index contributed by atoms with van der Waals surface area (Å²) in [6.45, 7) is 0.718. The molecule has 0 bridgehead atoms. The number of carbonyl (C=O) groups is 1. The quantitative estimate of drug-likeness (QED) is 0.463. The molecule has 0 N–H and O–H groups in total. The van der Waals surface area contributed by atoms with Crippen molar-refractivity contribution in [1.29, 1.82) is 0 Å². The fourth-order valence-corrected chi connectivity index (χ4v) is 3.48. The Morgan fingerprint density at radius 1 is 1.33 bits per heavy atom. The van der Waals surface area contributed by atoms with Crippen LogP contribution >= 0.6 is 22.6 Å². The smallest absolute Gasteiger partial charge is 0.245 e. The lowest BCUT2D eigenvalue weighted by molar-refractivity contribution is -0.123. The van der Waals surface area contributed by atoms with Crippen LogP contribution < -0.4 is 4.74 Å². The maximum Gasteiger partial charge on any atom is 0.245 e. The molecule has 0 spiro atoms. The summed E-state index contributed by atoms with van der Waals surface area (Å²) < 4.78 is 7.12. The Kier molecular flexibility index (Phi) is 7.52. The van der Waals surface area contributed by atoms with E-state index in [1.807, 2.05) is 24.4 Å². The van der Waals surface area contributed by atoms with Crippen LogP contribution in [0.3, 0.4) is 0 Å². The predicted molar refractivity (Wildman–Crippen MR) is 105 cm³/mol. The number of aromatic nitrogens is 1. The molecule has 132 valence electrons. The van der Waals surface area contributed by atoms with Crippen molar-refractivity contribution in [3.63, 3.8) is 0 Å². The van der Waals surface area contributed by atoms with Crippen LogP contribution in [-0.2, 0) is 4.79 Å². The maximum atomic E-state index is 11.6. The zero-order chi connectivity index (χ0) is 17.4. The van der Waals surface area contributed by atoms with Crippen molar-refractivity contribution in [3.8, 4) is 5.88 Å². The number of likely N-dealkylation sites (N-methyl/N-ethyl adjacent to an activating group) is 1. The van der Waals surface area contributed by atoms with Crippen LogP contribution in [0.15, 0.2) is 30.5 Å². The van der Waals surface area contributed by atoms with Gasteiger partial charge in [-0.2, -0.15) is 0 Å². The van der Waals surface area contributed by atoms with E-state index in [0.717, 1.165) is 23.0 Å². The van der Waals surface area contributed by atoms with Crippen LogP contribution in [0.1, 0.15) is 44.9 Å². The predicted octanol–water partition coefficient (Wildman–Crippen LogP) is 4.44. The highest BCUT2D eigenvalue weighted by Gasteiger charge is 2.32. The summed E-state index contributed by atoms with van der Waals surface area (Å²) in [6.07, 6.45) is 13.8. The molecule has 0 unspecified atom stereocenters. The lowest BCUT2D eigenvalue weighted by Gasteiger charge is -2.36. The van der Waals surface area contributed by atoms with Gasteiger partial charge in [0.2, 0.25) is 11.8 Å². The second-order valence-electron chi connectivity index (χ2n) is 6.84.